The second-order valence-electron chi connectivity index (χ2n) is 8.35. The van der Waals surface area contributed by atoms with Gasteiger partial charge in [-0.2, -0.15) is 4.72 Å². The van der Waals surface area contributed by atoms with Crippen molar-refractivity contribution in [1.82, 2.24) is 10.0 Å². The quantitative estimate of drug-likeness (QED) is 0.398. The molecule has 0 radical (unpaired) electrons. The van der Waals surface area contributed by atoms with Crippen LogP contribution in [0.25, 0.3) is 0 Å². The number of nitrogens with one attached hydrogen (secondary N) is 3. The Morgan fingerprint density at radius 3 is 2.09 bits per heavy atom. The van der Waals surface area contributed by atoms with Gasteiger partial charge in [0.25, 0.3) is 0 Å². The van der Waals surface area contributed by atoms with E-state index < -0.39 is 32.7 Å². The summed E-state index contributed by atoms with van der Waals surface area (Å²) in [6.07, 6.45) is 0.0839. The number of sulfonamides is 1. The zero-order valence-electron chi connectivity index (χ0n) is 19.5. The fraction of sp³-hybridized carbons (Fsp3) is 0.231. The van der Waals surface area contributed by atoms with Crippen LogP contribution in [0.5, 0.6) is 0 Å². The molecule has 184 valence electrons. The van der Waals surface area contributed by atoms with Gasteiger partial charge in [-0.1, -0.05) is 68.4 Å². The summed E-state index contributed by atoms with van der Waals surface area (Å²) in [5, 5.41) is 5.53. The van der Waals surface area contributed by atoms with E-state index >= 15 is 0 Å². The molecule has 0 spiro atoms. The van der Waals surface area contributed by atoms with E-state index in [9.17, 15) is 22.4 Å². The Balaban J connectivity index is 1.72. The molecule has 0 aliphatic carbocycles. The first-order valence-corrected chi connectivity index (χ1v) is 12.6. The smallest absolute Gasteiger partial charge is 0.244 e. The van der Waals surface area contributed by atoms with Gasteiger partial charge >= 0.3 is 0 Å². The van der Waals surface area contributed by atoms with Gasteiger partial charge in [0.05, 0.1) is 0 Å². The van der Waals surface area contributed by atoms with Crippen LogP contribution >= 0.6 is 0 Å². The second kappa shape index (κ2) is 11.7. The van der Waals surface area contributed by atoms with Crippen LogP contribution in [0.2, 0.25) is 0 Å². The molecule has 3 aromatic carbocycles. The van der Waals surface area contributed by atoms with Crippen LogP contribution in [0, 0.1) is 11.7 Å². The summed E-state index contributed by atoms with van der Waals surface area (Å²) >= 11 is 0. The highest BCUT2D eigenvalue weighted by molar-refractivity contribution is 7.89. The number of rotatable bonds is 10. The zero-order valence-corrected chi connectivity index (χ0v) is 20.3. The maximum atomic E-state index is 14.1. The number of anilines is 1. The van der Waals surface area contributed by atoms with Crippen molar-refractivity contribution in [1.29, 1.82) is 0 Å². The Morgan fingerprint density at radius 1 is 0.829 bits per heavy atom. The van der Waals surface area contributed by atoms with Crippen LogP contribution < -0.4 is 15.4 Å². The molecule has 0 unspecified atom stereocenters. The predicted molar refractivity (Wildman–Crippen MR) is 132 cm³/mol. The first-order chi connectivity index (χ1) is 16.7. The van der Waals surface area contributed by atoms with Crippen molar-refractivity contribution in [2.24, 2.45) is 5.92 Å². The third kappa shape index (κ3) is 7.46. The fourth-order valence-corrected chi connectivity index (χ4v) is 4.53. The Morgan fingerprint density at radius 2 is 1.46 bits per heavy atom. The van der Waals surface area contributed by atoms with Crippen LogP contribution in [0.4, 0.5) is 10.1 Å². The first-order valence-electron chi connectivity index (χ1n) is 11.1. The molecule has 0 aliphatic rings. The van der Waals surface area contributed by atoms with Gasteiger partial charge in [-0.3, -0.25) is 9.59 Å². The van der Waals surface area contributed by atoms with Crippen molar-refractivity contribution in [3.63, 3.8) is 0 Å². The standard InChI is InChI=1S/C26H28FN3O4S/c1-18(2)25(31)29-21-14-12-20(13-15-21)17-28-26(32)23(16-19-8-4-3-5-9-19)30-35(33,34)24-11-7-6-10-22(24)27/h3-15,18,23,30H,16-17H2,1-2H3,(H,28,32)(H,29,31)/t23-/m0/s1. The van der Waals surface area contributed by atoms with E-state index in [0.717, 1.165) is 23.3 Å². The van der Waals surface area contributed by atoms with Gasteiger partial charge in [0, 0.05) is 18.2 Å². The van der Waals surface area contributed by atoms with E-state index in [1.807, 2.05) is 6.07 Å². The van der Waals surface area contributed by atoms with Gasteiger partial charge in [0.15, 0.2) is 0 Å². The summed E-state index contributed by atoms with van der Waals surface area (Å²) in [5.41, 5.74) is 2.14. The molecular weight excluding hydrogens is 469 g/mol. The van der Waals surface area contributed by atoms with Crippen LogP contribution in [0.1, 0.15) is 25.0 Å². The SMILES string of the molecule is CC(C)C(=O)Nc1ccc(CNC(=O)[C@H](Cc2ccccc2)NS(=O)(=O)c2ccccc2F)cc1. The molecule has 3 aromatic rings. The summed E-state index contributed by atoms with van der Waals surface area (Å²) in [7, 11) is -4.29. The van der Waals surface area contributed by atoms with Gasteiger partial charge in [-0.15, -0.1) is 0 Å². The third-order valence-electron chi connectivity index (χ3n) is 5.24. The lowest BCUT2D eigenvalue weighted by Crippen LogP contribution is -2.47. The van der Waals surface area contributed by atoms with E-state index in [1.165, 1.54) is 12.1 Å². The number of carbonyl (C=O) groups is 2. The van der Waals surface area contributed by atoms with Gasteiger partial charge in [0.1, 0.15) is 16.8 Å². The average molecular weight is 498 g/mol. The Hall–Kier alpha value is -3.56. The first kappa shape index (κ1) is 26.1. The Labute approximate surface area is 204 Å². The summed E-state index contributed by atoms with van der Waals surface area (Å²) < 4.78 is 42.2. The average Bonchev–Trinajstić information content (AvgIpc) is 2.83. The summed E-state index contributed by atoms with van der Waals surface area (Å²) in [4.78, 5) is 24.3. The molecule has 0 aromatic heterocycles. The van der Waals surface area contributed by atoms with Crippen LogP contribution in [-0.2, 0) is 32.6 Å². The lowest BCUT2D eigenvalue weighted by Gasteiger charge is -2.19. The maximum Gasteiger partial charge on any atom is 0.244 e. The van der Waals surface area contributed by atoms with Gasteiger partial charge in [0.2, 0.25) is 21.8 Å². The van der Waals surface area contributed by atoms with Gasteiger partial charge in [-0.05, 0) is 41.8 Å². The van der Waals surface area contributed by atoms with E-state index in [0.29, 0.717) is 5.69 Å². The van der Waals surface area contributed by atoms with Crippen molar-refractivity contribution in [2.75, 3.05) is 5.32 Å². The molecule has 0 saturated heterocycles. The largest absolute Gasteiger partial charge is 0.351 e. The molecule has 0 aliphatic heterocycles. The maximum absolute atomic E-state index is 14.1. The minimum Gasteiger partial charge on any atom is -0.351 e. The fourth-order valence-electron chi connectivity index (χ4n) is 3.26. The van der Waals surface area contributed by atoms with Gasteiger partial charge < -0.3 is 10.6 Å². The zero-order chi connectivity index (χ0) is 25.4. The summed E-state index contributed by atoms with van der Waals surface area (Å²) in [6, 6.07) is 19.8. The highest BCUT2D eigenvalue weighted by Gasteiger charge is 2.27. The van der Waals surface area contributed by atoms with Crippen LogP contribution in [0.15, 0.2) is 83.8 Å². The molecule has 7 nitrogen and oxygen atoms in total. The minimum atomic E-state index is -4.29. The third-order valence-corrected chi connectivity index (χ3v) is 6.74. The Kier molecular flexibility index (Phi) is 8.73. The lowest BCUT2D eigenvalue weighted by molar-refractivity contribution is -0.123. The van der Waals surface area contributed by atoms with Crippen molar-refractivity contribution >= 4 is 27.5 Å². The topological polar surface area (TPSA) is 104 Å². The van der Waals surface area contributed by atoms with Gasteiger partial charge in [-0.25, -0.2) is 12.8 Å². The molecule has 0 bridgehead atoms. The molecular formula is C26H28FN3O4S. The Bertz CT molecular complexity index is 1260. The molecule has 1 atom stereocenters. The monoisotopic (exact) mass is 497 g/mol. The molecule has 0 fully saturated rings. The van der Waals surface area contributed by atoms with E-state index in [1.54, 1.807) is 62.4 Å². The minimum absolute atomic E-state index is 0.0839. The molecule has 2 amide bonds. The van der Waals surface area contributed by atoms with Crippen LogP contribution in [0.3, 0.4) is 0 Å². The van der Waals surface area contributed by atoms with Crippen molar-refractivity contribution in [3.05, 3.63) is 95.8 Å². The molecule has 9 heteroatoms. The number of benzene rings is 3. The van der Waals surface area contributed by atoms with E-state index in [2.05, 4.69) is 15.4 Å². The highest BCUT2D eigenvalue weighted by atomic mass is 32.2. The lowest BCUT2D eigenvalue weighted by atomic mass is 10.1. The number of amides is 2. The molecule has 0 saturated carbocycles. The number of carbonyl (C=O) groups excluding carboxylic acids is 2. The van der Waals surface area contributed by atoms with Crippen molar-refractivity contribution < 1.29 is 22.4 Å². The van der Waals surface area contributed by atoms with E-state index in [-0.39, 0.29) is 24.8 Å². The summed E-state index contributed by atoms with van der Waals surface area (Å²) in [6.45, 7) is 3.74. The van der Waals surface area contributed by atoms with E-state index in [4.69, 9.17) is 0 Å². The van der Waals surface area contributed by atoms with Crippen LogP contribution in [-0.4, -0.2) is 26.3 Å². The number of hydrogen-bond donors (Lipinski definition) is 3. The number of halogens is 1. The molecule has 35 heavy (non-hydrogen) atoms. The second-order valence-corrected chi connectivity index (χ2v) is 10.0. The predicted octanol–water partition coefficient (Wildman–Crippen LogP) is 3.63. The summed E-state index contributed by atoms with van der Waals surface area (Å²) in [5.74, 6) is -1.70. The molecule has 3 N–H and O–H groups in total. The molecule has 3 rings (SSSR count). The van der Waals surface area contributed by atoms with Crippen molar-refractivity contribution in [3.8, 4) is 0 Å². The molecule has 0 heterocycles. The van der Waals surface area contributed by atoms with Crippen molar-refractivity contribution in [2.45, 2.75) is 37.8 Å². The highest BCUT2D eigenvalue weighted by Crippen LogP contribution is 2.16. The number of hydrogen-bond acceptors (Lipinski definition) is 4. The normalized spacial score (nSPS) is 12.2.